The number of amides is 1. The molecule has 0 radical (unpaired) electrons. The Morgan fingerprint density at radius 2 is 2.14 bits per heavy atom. The van der Waals surface area contributed by atoms with Crippen molar-refractivity contribution in [1.82, 2.24) is 10.6 Å². The van der Waals surface area contributed by atoms with Crippen LogP contribution in [-0.4, -0.2) is 24.8 Å². The second-order valence-electron chi connectivity index (χ2n) is 6.38. The lowest BCUT2D eigenvalue weighted by Crippen LogP contribution is -2.36. The van der Waals surface area contributed by atoms with E-state index in [1.807, 2.05) is 26.8 Å². The topological polar surface area (TPSA) is 50.4 Å². The van der Waals surface area contributed by atoms with Gasteiger partial charge in [0, 0.05) is 18.2 Å². The van der Waals surface area contributed by atoms with Crippen molar-refractivity contribution in [1.29, 1.82) is 0 Å². The van der Waals surface area contributed by atoms with Gasteiger partial charge in [0.05, 0.1) is 0 Å². The van der Waals surface area contributed by atoms with Crippen LogP contribution in [0.4, 0.5) is 9.18 Å². The largest absolute Gasteiger partial charge is 0.444 e. The van der Waals surface area contributed by atoms with E-state index in [2.05, 4.69) is 10.6 Å². The molecule has 1 amide bonds. The van der Waals surface area contributed by atoms with E-state index in [9.17, 15) is 9.18 Å². The highest BCUT2D eigenvalue weighted by Gasteiger charge is 2.30. The molecule has 0 aromatic heterocycles. The number of halogens is 1. The van der Waals surface area contributed by atoms with Crippen LogP contribution in [0.25, 0.3) is 0 Å². The number of alkyl carbamates (subject to hydrolysis) is 1. The third-order valence-electron chi connectivity index (χ3n) is 3.50. The predicted octanol–water partition coefficient (Wildman–Crippen LogP) is 3.00. The second-order valence-corrected chi connectivity index (χ2v) is 6.38. The summed E-state index contributed by atoms with van der Waals surface area (Å²) in [6, 6.07) is 6.70. The average Bonchev–Trinajstić information content (AvgIpc) is 2.83. The van der Waals surface area contributed by atoms with Gasteiger partial charge in [-0.3, -0.25) is 0 Å². The average molecular weight is 294 g/mol. The van der Waals surface area contributed by atoms with Crippen LogP contribution in [0.3, 0.4) is 0 Å². The van der Waals surface area contributed by atoms with Crippen molar-refractivity contribution >= 4 is 6.09 Å². The Bertz CT molecular complexity index is 499. The molecular formula is C16H23FN2O2. The molecule has 1 heterocycles. The molecule has 21 heavy (non-hydrogen) atoms. The number of hydrogen-bond acceptors (Lipinski definition) is 3. The first-order valence-electron chi connectivity index (χ1n) is 7.31. The van der Waals surface area contributed by atoms with Crippen molar-refractivity contribution in [3.8, 4) is 0 Å². The third kappa shape index (κ3) is 4.43. The van der Waals surface area contributed by atoms with Crippen molar-refractivity contribution in [2.45, 2.75) is 38.8 Å². The summed E-state index contributed by atoms with van der Waals surface area (Å²) in [6.45, 7) is 6.77. The molecule has 0 spiro atoms. The highest BCUT2D eigenvalue weighted by atomic mass is 19.1. The van der Waals surface area contributed by atoms with Crippen molar-refractivity contribution in [3.63, 3.8) is 0 Å². The minimum Gasteiger partial charge on any atom is -0.444 e. The Hall–Kier alpha value is -1.62. The SMILES string of the molecule is CC(C)(C)OC(=O)NCC1CCNC1c1ccccc1F. The highest BCUT2D eigenvalue weighted by molar-refractivity contribution is 5.67. The lowest BCUT2D eigenvalue weighted by Gasteiger charge is -2.23. The number of benzene rings is 1. The van der Waals surface area contributed by atoms with Gasteiger partial charge in [-0.05, 0) is 45.7 Å². The first-order chi connectivity index (χ1) is 9.87. The maximum absolute atomic E-state index is 13.9. The van der Waals surface area contributed by atoms with Gasteiger partial charge in [-0.15, -0.1) is 0 Å². The van der Waals surface area contributed by atoms with Crippen molar-refractivity contribution in [2.24, 2.45) is 5.92 Å². The van der Waals surface area contributed by atoms with Crippen LogP contribution in [0.2, 0.25) is 0 Å². The van der Waals surface area contributed by atoms with Crippen LogP contribution in [0.1, 0.15) is 38.8 Å². The lowest BCUT2D eigenvalue weighted by molar-refractivity contribution is 0.0518. The number of rotatable bonds is 3. The number of ether oxygens (including phenoxy) is 1. The Morgan fingerprint density at radius 3 is 2.81 bits per heavy atom. The molecule has 1 aliphatic rings. The molecule has 5 heteroatoms. The van der Waals surface area contributed by atoms with Crippen LogP contribution < -0.4 is 10.6 Å². The van der Waals surface area contributed by atoms with Gasteiger partial charge in [-0.25, -0.2) is 9.18 Å². The normalized spacial score (nSPS) is 22.1. The standard InChI is InChI=1S/C16H23FN2O2/c1-16(2,3)21-15(20)19-10-11-8-9-18-14(11)12-6-4-5-7-13(12)17/h4-7,11,14,18H,8-10H2,1-3H3,(H,19,20). The van der Waals surface area contributed by atoms with Gasteiger partial charge in [0.25, 0.3) is 0 Å². The molecule has 116 valence electrons. The van der Waals surface area contributed by atoms with Crippen molar-refractivity contribution in [2.75, 3.05) is 13.1 Å². The Labute approximate surface area is 125 Å². The van der Waals surface area contributed by atoms with Crippen LogP contribution >= 0.6 is 0 Å². The first-order valence-corrected chi connectivity index (χ1v) is 7.31. The van der Waals surface area contributed by atoms with E-state index < -0.39 is 11.7 Å². The highest BCUT2D eigenvalue weighted by Crippen LogP contribution is 2.30. The molecule has 0 bridgehead atoms. The zero-order chi connectivity index (χ0) is 15.5. The first kappa shape index (κ1) is 15.8. The van der Waals surface area contributed by atoms with Crippen LogP contribution in [-0.2, 0) is 4.74 Å². The Kier molecular flexibility index (Phi) is 4.83. The van der Waals surface area contributed by atoms with Crippen molar-refractivity contribution < 1.29 is 13.9 Å². The minimum absolute atomic E-state index is 0.0684. The molecule has 1 aromatic rings. The molecule has 4 nitrogen and oxygen atoms in total. The molecule has 2 rings (SSSR count). The maximum Gasteiger partial charge on any atom is 0.407 e. The summed E-state index contributed by atoms with van der Waals surface area (Å²) in [7, 11) is 0. The Balaban J connectivity index is 1.94. The molecule has 1 saturated heterocycles. The fraction of sp³-hybridized carbons (Fsp3) is 0.562. The minimum atomic E-state index is -0.511. The van der Waals surface area contributed by atoms with Crippen LogP contribution in [0.5, 0.6) is 0 Å². The predicted molar refractivity (Wildman–Crippen MR) is 79.5 cm³/mol. The number of carbonyl (C=O) groups is 1. The summed E-state index contributed by atoms with van der Waals surface area (Å²) in [5.41, 5.74) is 0.147. The van der Waals surface area contributed by atoms with Crippen molar-refractivity contribution in [3.05, 3.63) is 35.6 Å². The molecule has 1 aliphatic heterocycles. The fourth-order valence-electron chi connectivity index (χ4n) is 2.60. The van der Waals surface area contributed by atoms with Gasteiger partial charge in [-0.2, -0.15) is 0 Å². The van der Waals surface area contributed by atoms with E-state index >= 15 is 0 Å². The maximum atomic E-state index is 13.9. The van der Waals surface area contributed by atoms with E-state index in [1.165, 1.54) is 6.07 Å². The summed E-state index contributed by atoms with van der Waals surface area (Å²) < 4.78 is 19.1. The number of carbonyl (C=O) groups excluding carboxylic acids is 1. The second kappa shape index (κ2) is 6.43. The van der Waals surface area contributed by atoms with Gasteiger partial charge in [-0.1, -0.05) is 18.2 Å². The fourth-order valence-corrected chi connectivity index (χ4v) is 2.60. The summed E-state index contributed by atoms with van der Waals surface area (Å²) >= 11 is 0. The molecule has 2 N–H and O–H groups in total. The molecular weight excluding hydrogens is 271 g/mol. The number of hydrogen-bond donors (Lipinski definition) is 2. The number of nitrogens with one attached hydrogen (secondary N) is 2. The van der Waals surface area contributed by atoms with Gasteiger partial charge >= 0.3 is 6.09 Å². The summed E-state index contributed by atoms with van der Waals surface area (Å²) in [5.74, 6) is -0.0476. The quantitative estimate of drug-likeness (QED) is 0.901. The zero-order valence-corrected chi connectivity index (χ0v) is 12.8. The van der Waals surface area contributed by atoms with Gasteiger partial charge in [0.15, 0.2) is 0 Å². The molecule has 0 aliphatic carbocycles. The molecule has 1 fully saturated rings. The summed E-state index contributed by atoms with van der Waals surface area (Å²) in [5, 5.41) is 6.08. The zero-order valence-electron chi connectivity index (χ0n) is 12.8. The van der Waals surface area contributed by atoms with Crippen LogP contribution in [0.15, 0.2) is 24.3 Å². The Morgan fingerprint density at radius 1 is 1.43 bits per heavy atom. The smallest absolute Gasteiger partial charge is 0.407 e. The molecule has 2 atom stereocenters. The third-order valence-corrected chi connectivity index (χ3v) is 3.50. The van der Waals surface area contributed by atoms with E-state index in [1.54, 1.807) is 12.1 Å². The van der Waals surface area contributed by atoms with Gasteiger partial charge < -0.3 is 15.4 Å². The van der Waals surface area contributed by atoms with E-state index in [0.29, 0.717) is 12.1 Å². The summed E-state index contributed by atoms with van der Waals surface area (Å²) in [4.78, 5) is 11.7. The van der Waals surface area contributed by atoms with Gasteiger partial charge in [0.2, 0.25) is 0 Å². The van der Waals surface area contributed by atoms with E-state index in [4.69, 9.17) is 4.74 Å². The van der Waals surface area contributed by atoms with E-state index in [-0.39, 0.29) is 17.8 Å². The lowest BCUT2D eigenvalue weighted by atomic mass is 9.94. The summed E-state index contributed by atoms with van der Waals surface area (Å²) in [6.07, 6.45) is 0.469. The van der Waals surface area contributed by atoms with Gasteiger partial charge in [0.1, 0.15) is 11.4 Å². The van der Waals surface area contributed by atoms with Crippen LogP contribution in [0, 0.1) is 11.7 Å². The molecule has 1 aromatic carbocycles. The molecule has 0 saturated carbocycles. The monoisotopic (exact) mass is 294 g/mol. The van der Waals surface area contributed by atoms with E-state index in [0.717, 1.165) is 13.0 Å². The molecule has 2 unspecified atom stereocenters.